The molecule has 1 aromatic heterocycles. The second-order valence-electron chi connectivity index (χ2n) is 4.19. The van der Waals surface area contributed by atoms with Crippen LogP contribution in [-0.4, -0.2) is 12.0 Å². The number of nitrogens with zero attached hydrogens (tertiary/aromatic N) is 1. The van der Waals surface area contributed by atoms with Gasteiger partial charge in [-0.25, -0.2) is 4.39 Å². The summed E-state index contributed by atoms with van der Waals surface area (Å²) in [5.74, 6) is -0.408. The van der Waals surface area contributed by atoms with E-state index in [-0.39, 0.29) is 11.1 Å². The molecule has 0 aliphatic heterocycles. The Morgan fingerprint density at radius 3 is 2.68 bits per heavy atom. The van der Waals surface area contributed by atoms with Gasteiger partial charge in [-0.3, -0.25) is 4.98 Å². The molecule has 5 heteroatoms. The summed E-state index contributed by atoms with van der Waals surface area (Å²) >= 11 is 11.8. The van der Waals surface area contributed by atoms with Gasteiger partial charge in [-0.1, -0.05) is 29.3 Å². The van der Waals surface area contributed by atoms with Gasteiger partial charge in [0.15, 0.2) is 0 Å². The Kier molecular flexibility index (Phi) is 4.75. The Balaban J connectivity index is 2.24. The van der Waals surface area contributed by atoms with Gasteiger partial charge in [0.1, 0.15) is 5.82 Å². The van der Waals surface area contributed by atoms with Gasteiger partial charge in [-0.2, -0.15) is 0 Å². The van der Waals surface area contributed by atoms with Crippen molar-refractivity contribution in [3.8, 4) is 0 Å². The summed E-state index contributed by atoms with van der Waals surface area (Å²) in [4.78, 5) is 3.96. The van der Waals surface area contributed by atoms with Crippen LogP contribution in [0.1, 0.15) is 17.2 Å². The first-order valence-corrected chi connectivity index (χ1v) is 6.58. The summed E-state index contributed by atoms with van der Waals surface area (Å²) in [7, 11) is 1.84. The van der Waals surface area contributed by atoms with Crippen molar-refractivity contribution in [3.05, 3.63) is 63.6 Å². The first-order valence-electron chi connectivity index (χ1n) is 5.82. The quantitative estimate of drug-likeness (QED) is 0.922. The molecule has 19 heavy (non-hydrogen) atoms. The lowest BCUT2D eigenvalue weighted by molar-refractivity contribution is 0.584. The number of likely N-dealkylation sites (N-methyl/N-ethyl adjacent to an activating group) is 1. The third-order valence-corrected chi connectivity index (χ3v) is 3.57. The monoisotopic (exact) mass is 298 g/mol. The Hall–Kier alpha value is -1.16. The van der Waals surface area contributed by atoms with E-state index in [9.17, 15) is 4.39 Å². The Labute approximate surface area is 121 Å². The number of benzene rings is 1. The summed E-state index contributed by atoms with van der Waals surface area (Å²) in [5, 5.41) is 3.90. The number of rotatable bonds is 4. The molecule has 0 aliphatic carbocycles. The molecule has 0 saturated heterocycles. The molecule has 2 nitrogen and oxygen atoms in total. The van der Waals surface area contributed by atoms with Crippen LogP contribution in [0.3, 0.4) is 0 Å². The highest BCUT2D eigenvalue weighted by atomic mass is 35.5. The average Bonchev–Trinajstić information content (AvgIpc) is 2.41. The Bertz CT molecular complexity index is 575. The molecule has 0 fully saturated rings. The van der Waals surface area contributed by atoms with E-state index in [1.807, 2.05) is 19.2 Å². The molecule has 1 aromatic carbocycles. The third kappa shape index (κ3) is 3.44. The van der Waals surface area contributed by atoms with Crippen molar-refractivity contribution in [2.45, 2.75) is 12.5 Å². The van der Waals surface area contributed by atoms with E-state index in [0.717, 1.165) is 11.1 Å². The summed E-state index contributed by atoms with van der Waals surface area (Å²) in [6.45, 7) is 0. The number of hydrogen-bond donors (Lipinski definition) is 1. The van der Waals surface area contributed by atoms with E-state index in [4.69, 9.17) is 23.2 Å². The SMILES string of the molecule is CNC(Cc1ccc(Cl)c(F)c1)c1ccncc1Cl. The number of halogens is 3. The summed E-state index contributed by atoms with van der Waals surface area (Å²) < 4.78 is 13.4. The lowest BCUT2D eigenvalue weighted by Gasteiger charge is -2.18. The lowest BCUT2D eigenvalue weighted by Crippen LogP contribution is -2.19. The van der Waals surface area contributed by atoms with Gasteiger partial charge in [-0.05, 0) is 42.8 Å². The fourth-order valence-corrected chi connectivity index (χ4v) is 2.31. The van der Waals surface area contributed by atoms with Crippen LogP contribution < -0.4 is 5.32 Å². The minimum Gasteiger partial charge on any atom is -0.313 e. The van der Waals surface area contributed by atoms with Crippen molar-refractivity contribution in [2.75, 3.05) is 7.05 Å². The third-order valence-electron chi connectivity index (χ3n) is 2.95. The maximum absolute atomic E-state index is 13.4. The standard InChI is InChI=1S/C14H13Cl2FN2/c1-18-14(10-4-5-19-8-12(10)16)7-9-2-3-11(15)13(17)6-9/h2-6,8,14,18H,7H2,1H3. The van der Waals surface area contributed by atoms with Crippen molar-refractivity contribution in [1.82, 2.24) is 10.3 Å². The first kappa shape index (κ1) is 14.3. The molecule has 0 saturated carbocycles. The van der Waals surface area contributed by atoms with E-state index in [1.165, 1.54) is 6.07 Å². The minimum absolute atomic E-state index is 0.00363. The molecule has 2 rings (SSSR count). The molecule has 0 bridgehead atoms. The van der Waals surface area contributed by atoms with Gasteiger partial charge in [0.05, 0.1) is 10.0 Å². The lowest BCUT2D eigenvalue weighted by atomic mass is 10.00. The fourth-order valence-electron chi connectivity index (χ4n) is 1.94. The van der Waals surface area contributed by atoms with Crippen LogP contribution in [0.4, 0.5) is 4.39 Å². The molecular formula is C14H13Cl2FN2. The molecule has 1 N–H and O–H groups in total. The van der Waals surface area contributed by atoms with Crippen molar-refractivity contribution < 1.29 is 4.39 Å². The summed E-state index contributed by atoms with van der Waals surface area (Å²) in [6.07, 6.45) is 3.91. The van der Waals surface area contributed by atoms with Gasteiger partial charge in [0.25, 0.3) is 0 Å². The van der Waals surface area contributed by atoms with Crippen LogP contribution in [0, 0.1) is 5.82 Å². The molecule has 1 unspecified atom stereocenters. The van der Waals surface area contributed by atoms with Crippen LogP contribution in [0.2, 0.25) is 10.0 Å². The molecule has 0 radical (unpaired) electrons. The molecule has 0 spiro atoms. The van der Waals surface area contributed by atoms with Crippen molar-refractivity contribution in [1.29, 1.82) is 0 Å². The van der Waals surface area contributed by atoms with Gasteiger partial charge in [0, 0.05) is 18.4 Å². The van der Waals surface area contributed by atoms with Gasteiger partial charge < -0.3 is 5.32 Å². The highest BCUT2D eigenvalue weighted by Crippen LogP contribution is 2.25. The molecule has 0 aliphatic rings. The van der Waals surface area contributed by atoms with Crippen molar-refractivity contribution in [2.24, 2.45) is 0 Å². The molecule has 0 amide bonds. The van der Waals surface area contributed by atoms with Crippen LogP contribution >= 0.6 is 23.2 Å². The maximum Gasteiger partial charge on any atom is 0.142 e. The predicted octanol–water partition coefficient (Wildman–Crippen LogP) is 4.03. The number of pyridine rings is 1. The smallest absolute Gasteiger partial charge is 0.142 e. The average molecular weight is 299 g/mol. The summed E-state index contributed by atoms with van der Waals surface area (Å²) in [6, 6.07) is 6.67. The second-order valence-corrected chi connectivity index (χ2v) is 5.01. The van der Waals surface area contributed by atoms with Gasteiger partial charge in [-0.15, -0.1) is 0 Å². The summed E-state index contributed by atoms with van der Waals surface area (Å²) in [5.41, 5.74) is 1.80. The molecule has 1 heterocycles. The highest BCUT2D eigenvalue weighted by molar-refractivity contribution is 6.31. The number of nitrogens with one attached hydrogen (secondary N) is 1. The van der Waals surface area contributed by atoms with Crippen LogP contribution in [0.25, 0.3) is 0 Å². The zero-order valence-corrected chi connectivity index (χ0v) is 11.8. The van der Waals surface area contributed by atoms with Gasteiger partial charge >= 0.3 is 0 Å². The normalized spacial score (nSPS) is 12.4. The Morgan fingerprint density at radius 1 is 1.26 bits per heavy atom. The first-order chi connectivity index (χ1) is 9.11. The Morgan fingerprint density at radius 2 is 2.05 bits per heavy atom. The van der Waals surface area contributed by atoms with Crippen LogP contribution in [0.15, 0.2) is 36.7 Å². The van der Waals surface area contributed by atoms with E-state index in [0.29, 0.717) is 11.4 Å². The van der Waals surface area contributed by atoms with Crippen molar-refractivity contribution >= 4 is 23.2 Å². The number of hydrogen-bond acceptors (Lipinski definition) is 2. The fraction of sp³-hybridized carbons (Fsp3) is 0.214. The van der Waals surface area contributed by atoms with E-state index in [2.05, 4.69) is 10.3 Å². The van der Waals surface area contributed by atoms with E-state index in [1.54, 1.807) is 18.5 Å². The zero-order valence-electron chi connectivity index (χ0n) is 10.3. The molecular weight excluding hydrogens is 286 g/mol. The largest absolute Gasteiger partial charge is 0.313 e. The van der Waals surface area contributed by atoms with Gasteiger partial charge in [0.2, 0.25) is 0 Å². The van der Waals surface area contributed by atoms with Crippen LogP contribution in [0.5, 0.6) is 0 Å². The maximum atomic E-state index is 13.4. The molecule has 100 valence electrons. The van der Waals surface area contributed by atoms with Crippen molar-refractivity contribution in [3.63, 3.8) is 0 Å². The molecule has 2 aromatic rings. The minimum atomic E-state index is -0.408. The zero-order chi connectivity index (χ0) is 13.8. The topological polar surface area (TPSA) is 24.9 Å². The number of aromatic nitrogens is 1. The van der Waals surface area contributed by atoms with E-state index < -0.39 is 5.82 Å². The molecule has 1 atom stereocenters. The highest BCUT2D eigenvalue weighted by Gasteiger charge is 2.14. The van der Waals surface area contributed by atoms with E-state index >= 15 is 0 Å². The predicted molar refractivity (Wildman–Crippen MR) is 76.2 cm³/mol. The van der Waals surface area contributed by atoms with Crippen LogP contribution in [-0.2, 0) is 6.42 Å². The second kappa shape index (κ2) is 6.33.